The molecule has 0 spiro atoms. The van der Waals surface area contributed by atoms with Crippen LogP contribution in [-0.4, -0.2) is 39.1 Å². The van der Waals surface area contributed by atoms with E-state index in [2.05, 4.69) is 25.6 Å². The van der Waals surface area contributed by atoms with Crippen molar-refractivity contribution in [2.45, 2.75) is 13.0 Å². The van der Waals surface area contributed by atoms with Crippen LogP contribution in [0.2, 0.25) is 0 Å². The number of carbonyl (C=O) groups excluding carboxylic acids is 1. The molecule has 3 rings (SSSR count). The quantitative estimate of drug-likeness (QED) is 0.527. The van der Waals surface area contributed by atoms with E-state index in [1.165, 1.54) is 11.3 Å². The van der Waals surface area contributed by atoms with Crippen LogP contribution in [0.3, 0.4) is 0 Å². The molecule has 3 heterocycles. The molecule has 8 nitrogen and oxygen atoms in total. The van der Waals surface area contributed by atoms with E-state index in [1.807, 2.05) is 25.1 Å². The number of pyridine rings is 1. The van der Waals surface area contributed by atoms with Crippen molar-refractivity contribution in [1.29, 1.82) is 0 Å². The number of nitrogens with zero attached hydrogens (tertiary/aromatic N) is 3. The van der Waals surface area contributed by atoms with Crippen molar-refractivity contribution in [3.05, 3.63) is 41.9 Å². The summed E-state index contributed by atoms with van der Waals surface area (Å²) in [4.78, 5) is 25.4. The van der Waals surface area contributed by atoms with Gasteiger partial charge in [-0.1, -0.05) is 6.07 Å². The van der Waals surface area contributed by atoms with E-state index in [0.29, 0.717) is 21.2 Å². The highest BCUT2D eigenvalue weighted by molar-refractivity contribution is 7.22. The van der Waals surface area contributed by atoms with Gasteiger partial charge in [-0.2, -0.15) is 0 Å². The summed E-state index contributed by atoms with van der Waals surface area (Å²) in [6.07, 6.45) is 1.71. The molecule has 5 N–H and O–H groups in total. The van der Waals surface area contributed by atoms with Gasteiger partial charge < -0.3 is 21.5 Å². The smallest absolute Gasteiger partial charge is 0.271 e. The molecule has 3 aromatic heterocycles. The number of hydrogen-bond donors (Lipinski definition) is 4. The minimum atomic E-state index is -0.378. The van der Waals surface area contributed by atoms with Crippen LogP contribution in [0.5, 0.6) is 0 Å². The molecule has 0 aliphatic rings. The normalized spacial score (nSPS) is 12.1. The van der Waals surface area contributed by atoms with Gasteiger partial charge in [0.25, 0.3) is 5.91 Å². The maximum atomic E-state index is 12.3. The first kappa shape index (κ1) is 17.1. The van der Waals surface area contributed by atoms with Crippen LogP contribution in [-0.2, 0) is 0 Å². The van der Waals surface area contributed by atoms with Gasteiger partial charge in [-0.25, -0.2) is 9.97 Å². The molecule has 0 saturated heterocycles. The molecular formula is C16H18N6O2S. The standard InChI is InChI=1S/C16H18N6O2S/c1-9(10-4-2-3-5-18-10)20-16-21-11-8-12(17)25-14(11)13(22-16)15(24)19-6-7-23/h2-5,8-9,23H,6-7,17H2,1H3,(H,19,24)(H,20,21,22)/t9-/m0/s1. The van der Waals surface area contributed by atoms with Crippen LogP contribution in [0.1, 0.15) is 29.1 Å². The Balaban J connectivity index is 1.94. The zero-order valence-corrected chi connectivity index (χ0v) is 14.4. The molecule has 0 fully saturated rings. The molecule has 0 aliphatic carbocycles. The molecule has 0 bridgehead atoms. The molecule has 0 radical (unpaired) electrons. The average molecular weight is 358 g/mol. The molecule has 0 aliphatic heterocycles. The Bertz CT molecular complexity index is 883. The van der Waals surface area contributed by atoms with E-state index in [4.69, 9.17) is 10.8 Å². The zero-order chi connectivity index (χ0) is 17.8. The Kier molecular flexibility index (Phi) is 5.05. The molecule has 130 valence electrons. The van der Waals surface area contributed by atoms with Gasteiger partial charge in [0.1, 0.15) is 0 Å². The van der Waals surface area contributed by atoms with E-state index in [1.54, 1.807) is 12.3 Å². The SMILES string of the molecule is C[C@H](Nc1nc(C(=O)NCCO)c2sc(N)cc2n1)c1ccccn1. The van der Waals surface area contributed by atoms with E-state index < -0.39 is 0 Å². The Morgan fingerprint density at radius 1 is 1.40 bits per heavy atom. The number of fused-ring (bicyclic) bond motifs is 1. The second kappa shape index (κ2) is 7.41. The molecule has 3 aromatic rings. The number of aromatic nitrogens is 3. The zero-order valence-electron chi connectivity index (χ0n) is 13.6. The minimum absolute atomic E-state index is 0.136. The van der Waals surface area contributed by atoms with E-state index >= 15 is 0 Å². The van der Waals surface area contributed by atoms with Gasteiger partial charge in [0.05, 0.1) is 33.6 Å². The maximum Gasteiger partial charge on any atom is 0.271 e. The average Bonchev–Trinajstić information content (AvgIpc) is 2.99. The fourth-order valence-electron chi connectivity index (χ4n) is 2.32. The summed E-state index contributed by atoms with van der Waals surface area (Å²) in [6.45, 7) is 1.94. The molecule has 1 atom stereocenters. The number of amides is 1. The summed E-state index contributed by atoms with van der Waals surface area (Å²) in [6, 6.07) is 7.21. The highest BCUT2D eigenvalue weighted by Crippen LogP contribution is 2.30. The highest BCUT2D eigenvalue weighted by Gasteiger charge is 2.18. The Morgan fingerprint density at radius 3 is 2.96 bits per heavy atom. The third-order valence-electron chi connectivity index (χ3n) is 3.48. The summed E-state index contributed by atoms with van der Waals surface area (Å²) in [7, 11) is 0. The lowest BCUT2D eigenvalue weighted by molar-refractivity contribution is 0.0942. The molecule has 0 aromatic carbocycles. The fourth-order valence-corrected chi connectivity index (χ4v) is 3.17. The second-order valence-corrected chi connectivity index (χ2v) is 6.44. The first-order valence-corrected chi connectivity index (χ1v) is 8.53. The Labute approximate surface area is 148 Å². The van der Waals surface area contributed by atoms with Crippen molar-refractivity contribution in [2.24, 2.45) is 0 Å². The predicted molar refractivity (Wildman–Crippen MR) is 97.5 cm³/mol. The van der Waals surface area contributed by atoms with Crippen LogP contribution < -0.4 is 16.4 Å². The monoisotopic (exact) mass is 358 g/mol. The van der Waals surface area contributed by atoms with Crippen LogP contribution >= 0.6 is 11.3 Å². The second-order valence-electron chi connectivity index (χ2n) is 5.36. The van der Waals surface area contributed by atoms with Gasteiger partial charge in [-0.3, -0.25) is 9.78 Å². The summed E-state index contributed by atoms with van der Waals surface area (Å²) in [5.41, 5.74) is 7.52. The fraction of sp³-hybridized carbons (Fsp3) is 0.250. The lowest BCUT2D eigenvalue weighted by atomic mass is 10.2. The number of nitrogen functional groups attached to an aromatic ring is 1. The van der Waals surface area contributed by atoms with Crippen molar-refractivity contribution < 1.29 is 9.90 Å². The third kappa shape index (κ3) is 3.83. The number of hydrogen-bond acceptors (Lipinski definition) is 8. The minimum Gasteiger partial charge on any atom is -0.395 e. The van der Waals surface area contributed by atoms with Crippen molar-refractivity contribution in [2.75, 3.05) is 24.2 Å². The number of anilines is 2. The van der Waals surface area contributed by atoms with Gasteiger partial charge in [0.15, 0.2) is 5.69 Å². The van der Waals surface area contributed by atoms with Crippen LogP contribution in [0.25, 0.3) is 10.2 Å². The topological polar surface area (TPSA) is 126 Å². The predicted octanol–water partition coefficient (Wildman–Crippen LogP) is 1.56. The van der Waals surface area contributed by atoms with Gasteiger partial charge in [-0.05, 0) is 25.1 Å². The van der Waals surface area contributed by atoms with Crippen molar-refractivity contribution >= 4 is 38.4 Å². The van der Waals surface area contributed by atoms with Crippen LogP contribution in [0.15, 0.2) is 30.5 Å². The third-order valence-corrected chi connectivity index (χ3v) is 4.44. The Hall–Kier alpha value is -2.78. The number of carbonyl (C=O) groups is 1. The number of nitrogens with one attached hydrogen (secondary N) is 2. The largest absolute Gasteiger partial charge is 0.395 e. The van der Waals surface area contributed by atoms with Crippen LogP contribution in [0.4, 0.5) is 10.9 Å². The number of aliphatic hydroxyl groups is 1. The van der Waals surface area contributed by atoms with Gasteiger partial charge in [-0.15, -0.1) is 11.3 Å². The number of thiophene rings is 1. The number of rotatable bonds is 6. The van der Waals surface area contributed by atoms with Gasteiger partial charge >= 0.3 is 0 Å². The van der Waals surface area contributed by atoms with Crippen molar-refractivity contribution in [3.63, 3.8) is 0 Å². The first-order chi connectivity index (χ1) is 12.1. The Morgan fingerprint density at radius 2 is 2.24 bits per heavy atom. The molecule has 25 heavy (non-hydrogen) atoms. The first-order valence-electron chi connectivity index (χ1n) is 7.72. The van der Waals surface area contributed by atoms with E-state index in [0.717, 1.165) is 5.69 Å². The summed E-state index contributed by atoms with van der Waals surface area (Å²) >= 11 is 1.25. The molecule has 9 heteroatoms. The van der Waals surface area contributed by atoms with Gasteiger partial charge in [0.2, 0.25) is 5.95 Å². The van der Waals surface area contributed by atoms with Gasteiger partial charge in [0, 0.05) is 12.7 Å². The van der Waals surface area contributed by atoms with Crippen molar-refractivity contribution in [3.8, 4) is 0 Å². The maximum absolute atomic E-state index is 12.3. The number of nitrogens with two attached hydrogens (primary N) is 1. The summed E-state index contributed by atoms with van der Waals surface area (Å²) in [5.74, 6) is -0.0607. The van der Waals surface area contributed by atoms with E-state index in [9.17, 15) is 4.79 Å². The summed E-state index contributed by atoms with van der Waals surface area (Å²) in [5, 5.41) is 15.2. The molecule has 0 unspecified atom stereocenters. The number of aliphatic hydroxyl groups excluding tert-OH is 1. The lowest BCUT2D eigenvalue weighted by Crippen LogP contribution is -2.27. The van der Waals surface area contributed by atoms with E-state index in [-0.39, 0.29) is 30.8 Å². The van der Waals surface area contributed by atoms with Crippen molar-refractivity contribution in [1.82, 2.24) is 20.3 Å². The van der Waals surface area contributed by atoms with Crippen LogP contribution in [0, 0.1) is 0 Å². The summed E-state index contributed by atoms with van der Waals surface area (Å²) < 4.78 is 0.615. The molecular weight excluding hydrogens is 340 g/mol. The molecule has 0 saturated carbocycles. The highest BCUT2D eigenvalue weighted by atomic mass is 32.1. The lowest BCUT2D eigenvalue weighted by Gasteiger charge is -2.14. The molecule has 1 amide bonds.